The zero-order valence-corrected chi connectivity index (χ0v) is 30.0. The highest BCUT2D eigenvalue weighted by molar-refractivity contribution is 6.11. The van der Waals surface area contributed by atoms with Crippen LogP contribution in [0, 0.1) is 0 Å². The van der Waals surface area contributed by atoms with E-state index in [4.69, 9.17) is 0 Å². The lowest BCUT2D eigenvalue weighted by molar-refractivity contribution is 0.795. The highest BCUT2D eigenvalue weighted by Gasteiger charge is 2.51. The molecule has 2 aliphatic carbocycles. The molecule has 0 fully saturated rings. The molecule has 0 saturated heterocycles. The minimum atomic E-state index is -0.375. The number of hydrogen-bond acceptors (Lipinski definition) is 1. The van der Waals surface area contributed by atoms with E-state index in [1.807, 2.05) is 0 Å². The van der Waals surface area contributed by atoms with Crippen LogP contribution in [0.5, 0.6) is 0 Å². The largest absolute Gasteiger partial charge is 0.310 e. The van der Waals surface area contributed by atoms with Gasteiger partial charge in [0.05, 0.1) is 16.4 Å². The lowest BCUT2D eigenvalue weighted by Crippen LogP contribution is -2.25. The van der Waals surface area contributed by atoms with Gasteiger partial charge in [0.2, 0.25) is 0 Å². The summed E-state index contributed by atoms with van der Waals surface area (Å²) in [5, 5.41) is 4.94. The minimum Gasteiger partial charge on any atom is -0.310 e. The van der Waals surface area contributed by atoms with Gasteiger partial charge in [0.1, 0.15) is 0 Å². The van der Waals surface area contributed by atoms with Crippen LogP contribution in [0.25, 0.3) is 60.5 Å². The molecule has 2 heteroatoms. The Morgan fingerprint density at radius 1 is 0.327 bits per heavy atom. The quantitative estimate of drug-likeness (QED) is 0.178. The first-order valence-electron chi connectivity index (χ1n) is 19.1. The van der Waals surface area contributed by atoms with Crippen molar-refractivity contribution in [3.8, 4) is 27.9 Å². The number of nitrogens with zero attached hydrogens (tertiary/aromatic N) is 2. The summed E-state index contributed by atoms with van der Waals surface area (Å²) in [6, 6.07) is 76.2. The third kappa shape index (κ3) is 4.14. The fourth-order valence-corrected chi connectivity index (χ4v) is 9.94. The second kappa shape index (κ2) is 11.4. The second-order valence-corrected chi connectivity index (χ2v) is 14.9. The standard InChI is InChI=1S/C53H34N2/c1-3-15-37(16-4-1)54(40-29-30-52-46(34-40)44-22-10-14-26-51(44)55(52)38-17-5-2-6-18-38)39-28-27-35-32-45-43-21-9-13-25-49(43)53(50(45)33-36(35)31-39)47-23-11-7-19-41(47)42-20-8-12-24-48(42)53/h1-34H. The Bertz CT molecular complexity index is 3110. The van der Waals surface area contributed by atoms with E-state index >= 15 is 0 Å². The van der Waals surface area contributed by atoms with Crippen molar-refractivity contribution in [2.75, 3.05) is 4.90 Å². The molecule has 9 aromatic carbocycles. The van der Waals surface area contributed by atoms with Crippen LogP contribution in [-0.4, -0.2) is 4.57 Å². The molecule has 0 N–H and O–H groups in total. The molecule has 1 heterocycles. The summed E-state index contributed by atoms with van der Waals surface area (Å²) in [6.45, 7) is 0. The maximum atomic E-state index is 2.49. The van der Waals surface area contributed by atoms with Crippen molar-refractivity contribution < 1.29 is 0 Å². The van der Waals surface area contributed by atoms with E-state index in [0.29, 0.717) is 0 Å². The van der Waals surface area contributed by atoms with Crippen LogP contribution in [-0.2, 0) is 5.41 Å². The van der Waals surface area contributed by atoms with Crippen molar-refractivity contribution in [2.24, 2.45) is 0 Å². The summed E-state index contributed by atoms with van der Waals surface area (Å²) >= 11 is 0. The number of benzene rings is 9. The lowest BCUT2D eigenvalue weighted by Gasteiger charge is -2.30. The molecule has 0 amide bonds. The van der Waals surface area contributed by atoms with Gasteiger partial charge in [0.15, 0.2) is 0 Å². The molecule has 0 unspecified atom stereocenters. The van der Waals surface area contributed by atoms with Gasteiger partial charge in [0.25, 0.3) is 0 Å². The SMILES string of the molecule is c1ccc(N(c2ccc3cc4c(cc3c2)C2(c3ccccc3-c3ccccc32)c2ccccc2-4)c2ccc3c(c2)c2ccccc2n3-c2ccccc2)cc1. The molecule has 2 aliphatic rings. The monoisotopic (exact) mass is 698 g/mol. The van der Waals surface area contributed by atoms with E-state index in [2.05, 4.69) is 216 Å². The molecule has 55 heavy (non-hydrogen) atoms. The third-order valence-electron chi connectivity index (χ3n) is 12.1. The molecule has 2 nitrogen and oxygen atoms in total. The molecule has 1 spiro atoms. The Kier molecular flexibility index (Phi) is 6.29. The predicted octanol–water partition coefficient (Wildman–Crippen LogP) is 13.8. The Morgan fingerprint density at radius 2 is 0.873 bits per heavy atom. The van der Waals surface area contributed by atoms with Crippen molar-refractivity contribution in [1.82, 2.24) is 4.57 Å². The van der Waals surface area contributed by atoms with E-state index in [0.717, 1.165) is 22.7 Å². The van der Waals surface area contributed by atoms with E-state index < -0.39 is 0 Å². The summed E-state index contributed by atoms with van der Waals surface area (Å²) in [5.41, 5.74) is 17.3. The van der Waals surface area contributed by atoms with Gasteiger partial charge >= 0.3 is 0 Å². The second-order valence-electron chi connectivity index (χ2n) is 14.9. The Hall–Kier alpha value is -7.16. The van der Waals surface area contributed by atoms with Crippen molar-refractivity contribution >= 4 is 49.6 Å². The van der Waals surface area contributed by atoms with E-state index in [9.17, 15) is 0 Å². The zero-order chi connectivity index (χ0) is 36.1. The molecule has 0 atom stereocenters. The zero-order valence-electron chi connectivity index (χ0n) is 30.0. The predicted molar refractivity (Wildman–Crippen MR) is 229 cm³/mol. The fourth-order valence-electron chi connectivity index (χ4n) is 9.94. The van der Waals surface area contributed by atoms with Gasteiger partial charge in [-0.15, -0.1) is 0 Å². The molecule has 0 saturated carbocycles. The summed E-state index contributed by atoms with van der Waals surface area (Å²) in [5.74, 6) is 0. The molecule has 256 valence electrons. The van der Waals surface area contributed by atoms with E-state index in [-0.39, 0.29) is 5.41 Å². The average Bonchev–Trinajstić information content (AvgIpc) is 3.85. The van der Waals surface area contributed by atoms with Crippen LogP contribution < -0.4 is 4.90 Å². The average molecular weight is 699 g/mol. The number of hydrogen-bond donors (Lipinski definition) is 0. The van der Waals surface area contributed by atoms with Gasteiger partial charge in [-0.05, 0) is 128 Å². The highest BCUT2D eigenvalue weighted by Crippen LogP contribution is 2.63. The molecule has 0 bridgehead atoms. The molecule has 0 radical (unpaired) electrons. The van der Waals surface area contributed by atoms with Crippen LogP contribution in [0.4, 0.5) is 17.1 Å². The van der Waals surface area contributed by atoms with Crippen LogP contribution in [0.15, 0.2) is 206 Å². The lowest BCUT2D eigenvalue weighted by atomic mass is 9.70. The maximum Gasteiger partial charge on any atom is 0.0725 e. The van der Waals surface area contributed by atoms with Gasteiger partial charge in [0, 0.05) is 33.5 Å². The van der Waals surface area contributed by atoms with E-state index in [1.165, 1.54) is 77.1 Å². The topological polar surface area (TPSA) is 8.17 Å². The van der Waals surface area contributed by atoms with Crippen LogP contribution in [0.1, 0.15) is 22.3 Å². The van der Waals surface area contributed by atoms with Gasteiger partial charge in [-0.3, -0.25) is 0 Å². The smallest absolute Gasteiger partial charge is 0.0725 e. The van der Waals surface area contributed by atoms with Crippen molar-refractivity contribution in [3.63, 3.8) is 0 Å². The van der Waals surface area contributed by atoms with Crippen LogP contribution >= 0.6 is 0 Å². The minimum absolute atomic E-state index is 0.375. The number of rotatable bonds is 4. The summed E-state index contributed by atoms with van der Waals surface area (Å²) in [4.78, 5) is 2.41. The Labute approximate surface area is 319 Å². The molecule has 12 rings (SSSR count). The van der Waals surface area contributed by atoms with Gasteiger partial charge in [-0.2, -0.15) is 0 Å². The van der Waals surface area contributed by atoms with E-state index in [1.54, 1.807) is 0 Å². The molecule has 0 aliphatic heterocycles. The van der Waals surface area contributed by atoms with Gasteiger partial charge in [-0.25, -0.2) is 0 Å². The molecular formula is C53H34N2. The Morgan fingerprint density at radius 3 is 1.58 bits per heavy atom. The first-order valence-corrected chi connectivity index (χ1v) is 19.1. The molecule has 1 aromatic heterocycles. The number of fused-ring (bicyclic) bond motifs is 14. The first kappa shape index (κ1) is 30.3. The summed E-state index contributed by atoms with van der Waals surface area (Å²) in [6.07, 6.45) is 0. The summed E-state index contributed by atoms with van der Waals surface area (Å²) in [7, 11) is 0. The van der Waals surface area contributed by atoms with Crippen molar-refractivity contribution in [3.05, 3.63) is 229 Å². The summed E-state index contributed by atoms with van der Waals surface area (Å²) < 4.78 is 2.38. The first-order chi connectivity index (χ1) is 27.3. The molecule has 10 aromatic rings. The fraction of sp³-hybridized carbons (Fsp3) is 0.0189. The van der Waals surface area contributed by atoms with Gasteiger partial charge < -0.3 is 9.47 Å². The highest BCUT2D eigenvalue weighted by atomic mass is 15.1. The van der Waals surface area contributed by atoms with Crippen LogP contribution in [0.3, 0.4) is 0 Å². The molecular weight excluding hydrogens is 665 g/mol. The van der Waals surface area contributed by atoms with Crippen molar-refractivity contribution in [1.29, 1.82) is 0 Å². The maximum absolute atomic E-state index is 2.49. The van der Waals surface area contributed by atoms with Gasteiger partial charge in [-0.1, -0.05) is 133 Å². The third-order valence-corrected chi connectivity index (χ3v) is 12.1. The van der Waals surface area contributed by atoms with Crippen LogP contribution in [0.2, 0.25) is 0 Å². The van der Waals surface area contributed by atoms with Crippen molar-refractivity contribution in [2.45, 2.75) is 5.41 Å². The Balaban J connectivity index is 1.09. The normalized spacial score (nSPS) is 13.2. The number of aromatic nitrogens is 1. The number of anilines is 3. The number of para-hydroxylation sites is 3.